The zero-order valence-electron chi connectivity index (χ0n) is 17.0. The van der Waals surface area contributed by atoms with Crippen LogP contribution in [0.3, 0.4) is 0 Å². The van der Waals surface area contributed by atoms with Gasteiger partial charge < -0.3 is 9.42 Å². The van der Waals surface area contributed by atoms with Crippen LogP contribution in [0.25, 0.3) is 0 Å². The Labute approximate surface area is 169 Å². The SMILES string of the molecule is CCS(=O)(=O)N[C@@H]1C[C@H]2CN(C(=O)c3cc(C)nn3C)C[C@@]2(c2nc(C)no2)C1. The molecule has 3 heterocycles. The second kappa shape index (κ2) is 6.91. The number of hydrogen-bond donors (Lipinski definition) is 1. The first kappa shape index (κ1) is 20.0. The van der Waals surface area contributed by atoms with Gasteiger partial charge in [0, 0.05) is 26.2 Å². The minimum Gasteiger partial charge on any atom is -0.339 e. The van der Waals surface area contributed by atoms with Gasteiger partial charge in [0.2, 0.25) is 15.9 Å². The maximum absolute atomic E-state index is 13.1. The normalized spacial score (nSPS) is 26.8. The second-order valence-corrected chi connectivity index (χ2v) is 10.2. The minimum absolute atomic E-state index is 0.0326. The van der Waals surface area contributed by atoms with Gasteiger partial charge in [-0.15, -0.1) is 0 Å². The predicted molar refractivity (Wildman–Crippen MR) is 104 cm³/mol. The third-order valence-electron chi connectivity index (χ3n) is 6.06. The van der Waals surface area contributed by atoms with Crippen LogP contribution in [0.4, 0.5) is 0 Å². The van der Waals surface area contributed by atoms with Gasteiger partial charge in [-0.25, -0.2) is 13.1 Å². The molecule has 3 atom stereocenters. The standard InChI is InChI=1S/C18H26N6O4S/c1-5-29(26,27)22-14-7-13-9-24(16(25)15-6-11(2)20-23(15)4)10-18(13,8-14)17-19-12(3)21-28-17/h6,13-14,22H,5,7-10H2,1-4H3/t13-,14+,18-/m0/s1. The molecule has 0 radical (unpaired) electrons. The molecule has 0 spiro atoms. The van der Waals surface area contributed by atoms with Crippen LogP contribution in [-0.4, -0.2) is 64.0 Å². The highest BCUT2D eigenvalue weighted by molar-refractivity contribution is 7.89. The molecule has 1 amide bonds. The Morgan fingerprint density at radius 2 is 2.17 bits per heavy atom. The molecule has 2 aliphatic rings. The number of hydrogen-bond acceptors (Lipinski definition) is 7. The van der Waals surface area contributed by atoms with E-state index in [-0.39, 0.29) is 23.6 Å². The van der Waals surface area contributed by atoms with Crippen LogP contribution in [-0.2, 0) is 22.5 Å². The van der Waals surface area contributed by atoms with Crippen LogP contribution in [0.5, 0.6) is 0 Å². The fourth-order valence-electron chi connectivity index (χ4n) is 4.76. The van der Waals surface area contributed by atoms with E-state index in [9.17, 15) is 13.2 Å². The number of nitrogens with zero attached hydrogens (tertiary/aromatic N) is 5. The average Bonchev–Trinajstić information content (AvgIpc) is 3.37. The molecule has 0 unspecified atom stereocenters. The van der Waals surface area contributed by atoms with E-state index in [0.29, 0.717) is 43.3 Å². The van der Waals surface area contributed by atoms with Gasteiger partial charge >= 0.3 is 0 Å². The summed E-state index contributed by atoms with van der Waals surface area (Å²) in [5, 5.41) is 8.20. The van der Waals surface area contributed by atoms with Gasteiger partial charge in [-0.05, 0) is 45.6 Å². The molecule has 4 rings (SSSR count). The van der Waals surface area contributed by atoms with Crippen LogP contribution in [0.2, 0.25) is 0 Å². The quantitative estimate of drug-likeness (QED) is 0.745. The lowest BCUT2D eigenvalue weighted by Gasteiger charge is -2.25. The summed E-state index contributed by atoms with van der Waals surface area (Å²) >= 11 is 0. The lowest BCUT2D eigenvalue weighted by molar-refractivity contribution is 0.0762. The van der Waals surface area contributed by atoms with Crippen molar-refractivity contribution in [2.45, 2.75) is 45.1 Å². The molecule has 1 saturated heterocycles. The number of sulfonamides is 1. The molecule has 0 bridgehead atoms. The van der Waals surface area contributed by atoms with E-state index in [2.05, 4.69) is 20.0 Å². The van der Waals surface area contributed by atoms with E-state index in [4.69, 9.17) is 4.52 Å². The maximum atomic E-state index is 13.1. The first-order valence-electron chi connectivity index (χ1n) is 9.74. The molecule has 2 aromatic rings. The van der Waals surface area contributed by atoms with Gasteiger partial charge in [0.05, 0.1) is 16.9 Å². The zero-order chi connectivity index (χ0) is 21.0. The Bertz CT molecular complexity index is 1040. The molecule has 1 aliphatic carbocycles. The first-order chi connectivity index (χ1) is 13.6. The zero-order valence-corrected chi connectivity index (χ0v) is 17.9. The van der Waals surface area contributed by atoms with Crippen molar-refractivity contribution >= 4 is 15.9 Å². The van der Waals surface area contributed by atoms with Gasteiger partial charge in [-0.3, -0.25) is 9.48 Å². The Morgan fingerprint density at radius 1 is 1.41 bits per heavy atom. The third kappa shape index (κ3) is 3.46. The molecule has 1 aliphatic heterocycles. The highest BCUT2D eigenvalue weighted by Gasteiger charge is 2.58. The molecule has 1 N–H and O–H groups in total. The molecule has 29 heavy (non-hydrogen) atoms. The summed E-state index contributed by atoms with van der Waals surface area (Å²) in [4.78, 5) is 19.4. The smallest absolute Gasteiger partial charge is 0.272 e. The minimum atomic E-state index is -3.32. The largest absolute Gasteiger partial charge is 0.339 e. The van der Waals surface area contributed by atoms with Gasteiger partial charge in [-0.2, -0.15) is 10.1 Å². The summed E-state index contributed by atoms with van der Waals surface area (Å²) in [6, 6.07) is 1.56. The number of aromatic nitrogens is 4. The Morgan fingerprint density at radius 3 is 2.76 bits per heavy atom. The summed E-state index contributed by atoms with van der Waals surface area (Å²) < 4.78 is 34.1. The number of aryl methyl sites for hydroxylation is 3. The molecular formula is C18H26N6O4S. The number of fused-ring (bicyclic) bond motifs is 1. The molecule has 158 valence electrons. The van der Waals surface area contributed by atoms with Gasteiger partial charge in [0.25, 0.3) is 5.91 Å². The number of amides is 1. The van der Waals surface area contributed by atoms with Gasteiger partial charge in [0.15, 0.2) is 5.82 Å². The van der Waals surface area contributed by atoms with Crippen LogP contribution in [0.15, 0.2) is 10.6 Å². The van der Waals surface area contributed by atoms with Crippen LogP contribution in [0, 0.1) is 19.8 Å². The van der Waals surface area contributed by atoms with Crippen molar-refractivity contribution in [1.82, 2.24) is 29.5 Å². The van der Waals surface area contributed by atoms with E-state index >= 15 is 0 Å². The topological polar surface area (TPSA) is 123 Å². The number of rotatable bonds is 5. The summed E-state index contributed by atoms with van der Waals surface area (Å²) in [6.07, 6.45) is 1.14. The highest BCUT2D eigenvalue weighted by Crippen LogP contribution is 2.50. The van der Waals surface area contributed by atoms with Crippen molar-refractivity contribution in [1.29, 1.82) is 0 Å². The van der Waals surface area contributed by atoms with Crippen molar-refractivity contribution in [2.24, 2.45) is 13.0 Å². The van der Waals surface area contributed by atoms with E-state index in [0.717, 1.165) is 5.69 Å². The second-order valence-electron chi connectivity index (χ2n) is 8.14. The number of likely N-dealkylation sites (tertiary alicyclic amines) is 1. The lowest BCUT2D eigenvalue weighted by Crippen LogP contribution is -2.40. The molecule has 1 saturated carbocycles. The van der Waals surface area contributed by atoms with Crippen LogP contribution < -0.4 is 4.72 Å². The van der Waals surface area contributed by atoms with Gasteiger partial charge in [0.1, 0.15) is 5.69 Å². The third-order valence-corrected chi connectivity index (χ3v) is 7.52. The lowest BCUT2D eigenvalue weighted by atomic mass is 9.80. The van der Waals surface area contributed by atoms with Crippen molar-refractivity contribution in [3.05, 3.63) is 29.2 Å². The molecule has 0 aromatic carbocycles. The maximum Gasteiger partial charge on any atom is 0.272 e. The highest BCUT2D eigenvalue weighted by atomic mass is 32.2. The summed E-state index contributed by atoms with van der Waals surface area (Å²) in [6.45, 7) is 6.14. The number of carbonyl (C=O) groups is 1. The molecule has 2 fully saturated rings. The van der Waals surface area contributed by atoms with Crippen LogP contribution in [0.1, 0.15) is 47.7 Å². The van der Waals surface area contributed by atoms with E-state index in [1.165, 1.54) is 0 Å². The fraction of sp³-hybridized carbons (Fsp3) is 0.667. The van der Waals surface area contributed by atoms with Gasteiger partial charge in [-0.1, -0.05) is 5.16 Å². The molecule has 2 aromatic heterocycles. The Balaban J connectivity index is 1.63. The summed E-state index contributed by atoms with van der Waals surface area (Å²) in [5.74, 6) is 0.979. The molecular weight excluding hydrogens is 396 g/mol. The Hall–Kier alpha value is -2.27. The van der Waals surface area contributed by atoms with Crippen molar-refractivity contribution in [3.8, 4) is 0 Å². The predicted octanol–water partition coefficient (Wildman–Crippen LogP) is 0.532. The fourth-order valence-corrected chi connectivity index (χ4v) is 5.61. The van der Waals surface area contributed by atoms with E-state index in [1.54, 1.807) is 36.5 Å². The molecule has 11 heteroatoms. The molecule has 10 nitrogen and oxygen atoms in total. The van der Waals surface area contributed by atoms with Crippen molar-refractivity contribution in [2.75, 3.05) is 18.8 Å². The monoisotopic (exact) mass is 422 g/mol. The average molecular weight is 423 g/mol. The Kier molecular flexibility index (Phi) is 4.77. The van der Waals surface area contributed by atoms with Crippen molar-refractivity contribution < 1.29 is 17.7 Å². The number of carbonyl (C=O) groups excluding carboxylic acids is 1. The van der Waals surface area contributed by atoms with Crippen molar-refractivity contribution in [3.63, 3.8) is 0 Å². The number of nitrogens with one attached hydrogen (secondary N) is 1. The van der Waals surface area contributed by atoms with Crippen LogP contribution >= 0.6 is 0 Å². The summed E-state index contributed by atoms with van der Waals surface area (Å²) in [7, 11) is -1.57. The van der Waals surface area contributed by atoms with E-state index < -0.39 is 15.4 Å². The first-order valence-corrected chi connectivity index (χ1v) is 11.4. The van der Waals surface area contributed by atoms with E-state index in [1.807, 2.05) is 6.92 Å². The summed E-state index contributed by atoms with van der Waals surface area (Å²) in [5.41, 5.74) is 0.764.